The summed E-state index contributed by atoms with van der Waals surface area (Å²) in [6.07, 6.45) is 14.0. The summed E-state index contributed by atoms with van der Waals surface area (Å²) in [5.74, 6) is 0.667. The van der Waals surface area contributed by atoms with Crippen LogP contribution >= 0.6 is 23.4 Å². The molecule has 1 aromatic heterocycles. The fourth-order valence-corrected chi connectivity index (χ4v) is 3.86. The SMILES string of the molecule is COSC1=CC(NC2=N/Cc3sc(C)nc3/C=C\C/C=N\2)CC=C1. The lowest BCUT2D eigenvalue weighted by Gasteiger charge is -2.18. The van der Waals surface area contributed by atoms with Crippen molar-refractivity contribution in [3.05, 3.63) is 44.8 Å². The molecule has 2 heterocycles. The molecule has 1 aromatic rings. The molecule has 2 aliphatic rings. The van der Waals surface area contributed by atoms with Crippen LogP contribution in [0.15, 0.2) is 39.2 Å². The van der Waals surface area contributed by atoms with Crippen LogP contribution in [-0.4, -0.2) is 30.3 Å². The average molecular weight is 361 g/mol. The molecular weight excluding hydrogens is 340 g/mol. The van der Waals surface area contributed by atoms with Crippen LogP contribution in [0, 0.1) is 6.92 Å². The third-order valence-electron chi connectivity index (χ3n) is 3.47. The van der Waals surface area contributed by atoms with Gasteiger partial charge in [0.1, 0.15) is 0 Å². The summed E-state index contributed by atoms with van der Waals surface area (Å²) >= 11 is 3.06. The van der Waals surface area contributed by atoms with E-state index < -0.39 is 0 Å². The summed E-state index contributed by atoms with van der Waals surface area (Å²) in [6.45, 7) is 2.62. The van der Waals surface area contributed by atoms with Gasteiger partial charge in [-0.3, -0.25) is 0 Å². The highest BCUT2D eigenvalue weighted by Crippen LogP contribution is 2.23. The number of aliphatic imine (C=N–C) groups is 2. The molecule has 0 amide bonds. The Morgan fingerprint density at radius 2 is 2.25 bits per heavy atom. The molecule has 7 heteroatoms. The fraction of sp³-hybridized carbons (Fsp3) is 0.353. The maximum absolute atomic E-state index is 5.12. The van der Waals surface area contributed by atoms with E-state index in [1.807, 2.05) is 13.1 Å². The lowest BCUT2D eigenvalue weighted by atomic mass is 10.1. The summed E-state index contributed by atoms with van der Waals surface area (Å²) in [7, 11) is 1.67. The number of hydrogen-bond donors (Lipinski definition) is 1. The largest absolute Gasteiger partial charge is 0.348 e. The number of fused-ring (bicyclic) bond motifs is 1. The minimum Gasteiger partial charge on any atom is -0.348 e. The summed E-state index contributed by atoms with van der Waals surface area (Å²) in [5.41, 5.74) is 1.02. The normalized spacial score (nSPS) is 25.2. The Bertz CT molecular complexity index is 731. The maximum atomic E-state index is 5.12. The number of thiazole rings is 1. The fourth-order valence-electron chi connectivity index (χ4n) is 2.45. The molecule has 3 rings (SSSR count). The number of guanidine groups is 1. The van der Waals surface area contributed by atoms with Gasteiger partial charge in [0.25, 0.3) is 0 Å². The Hall–Kier alpha value is -1.70. The molecule has 1 aliphatic carbocycles. The van der Waals surface area contributed by atoms with E-state index in [2.05, 4.69) is 50.7 Å². The summed E-state index contributed by atoms with van der Waals surface area (Å²) in [4.78, 5) is 16.0. The minimum atomic E-state index is 0.171. The van der Waals surface area contributed by atoms with Gasteiger partial charge in [0.15, 0.2) is 0 Å². The third kappa shape index (κ3) is 4.66. The number of aryl methyl sites for hydroxylation is 1. The number of nitrogens with zero attached hydrogens (tertiary/aromatic N) is 3. The van der Waals surface area contributed by atoms with Gasteiger partial charge in [0, 0.05) is 29.6 Å². The van der Waals surface area contributed by atoms with Crippen molar-refractivity contribution in [3.8, 4) is 0 Å². The second-order valence-corrected chi connectivity index (χ2v) is 7.60. The molecule has 1 unspecified atom stereocenters. The monoisotopic (exact) mass is 360 g/mol. The van der Waals surface area contributed by atoms with E-state index in [0.717, 1.165) is 28.4 Å². The van der Waals surface area contributed by atoms with Gasteiger partial charge in [0.05, 0.1) is 35.3 Å². The molecular formula is C17H20N4OS2. The first-order valence-corrected chi connectivity index (χ1v) is 9.36. The molecule has 0 saturated heterocycles. The van der Waals surface area contributed by atoms with Crippen molar-refractivity contribution >= 4 is 41.6 Å². The zero-order valence-corrected chi connectivity index (χ0v) is 15.4. The van der Waals surface area contributed by atoms with Gasteiger partial charge in [-0.05, 0) is 25.5 Å². The van der Waals surface area contributed by atoms with E-state index in [9.17, 15) is 0 Å². The second kappa shape index (κ2) is 8.41. The number of rotatable bonds is 3. The van der Waals surface area contributed by atoms with Crippen molar-refractivity contribution < 1.29 is 4.18 Å². The first-order valence-electron chi connectivity index (χ1n) is 7.80. The minimum absolute atomic E-state index is 0.171. The van der Waals surface area contributed by atoms with Gasteiger partial charge < -0.3 is 9.50 Å². The number of nitrogens with one attached hydrogen (secondary N) is 1. The Labute approximate surface area is 150 Å². The van der Waals surface area contributed by atoms with Gasteiger partial charge in [-0.1, -0.05) is 18.2 Å². The Morgan fingerprint density at radius 1 is 1.33 bits per heavy atom. The Morgan fingerprint density at radius 3 is 3.12 bits per heavy atom. The van der Waals surface area contributed by atoms with Crippen LogP contribution in [0.5, 0.6) is 0 Å². The first kappa shape index (κ1) is 17.1. The van der Waals surface area contributed by atoms with Gasteiger partial charge in [-0.2, -0.15) is 0 Å². The van der Waals surface area contributed by atoms with Crippen molar-refractivity contribution in [1.82, 2.24) is 10.3 Å². The van der Waals surface area contributed by atoms with Crippen LogP contribution < -0.4 is 5.32 Å². The Kier molecular flexibility index (Phi) is 6.01. The van der Waals surface area contributed by atoms with E-state index in [0.29, 0.717) is 12.5 Å². The molecule has 1 N–H and O–H groups in total. The smallest absolute Gasteiger partial charge is 0.218 e. The lowest BCUT2D eigenvalue weighted by Crippen LogP contribution is -2.33. The van der Waals surface area contributed by atoms with Crippen molar-refractivity contribution in [3.63, 3.8) is 0 Å². The summed E-state index contributed by atoms with van der Waals surface area (Å²) in [5, 5.41) is 4.48. The van der Waals surface area contributed by atoms with Gasteiger partial charge >= 0.3 is 0 Å². The van der Waals surface area contributed by atoms with Crippen LogP contribution in [0.1, 0.15) is 28.4 Å². The van der Waals surface area contributed by atoms with E-state index in [1.165, 1.54) is 16.9 Å². The maximum Gasteiger partial charge on any atom is 0.218 e. The summed E-state index contributed by atoms with van der Waals surface area (Å²) in [6, 6.07) is 0.171. The van der Waals surface area contributed by atoms with E-state index in [-0.39, 0.29) is 6.04 Å². The number of aromatic nitrogens is 1. The van der Waals surface area contributed by atoms with Crippen molar-refractivity contribution in [1.29, 1.82) is 0 Å². The molecule has 0 bridgehead atoms. The number of allylic oxidation sites excluding steroid dienone is 2. The topological polar surface area (TPSA) is 58.9 Å². The van der Waals surface area contributed by atoms with Crippen LogP contribution in [0.2, 0.25) is 0 Å². The average Bonchev–Trinajstić information content (AvgIpc) is 2.93. The number of hydrogen-bond acceptors (Lipinski definition) is 7. The molecule has 0 radical (unpaired) electrons. The van der Waals surface area contributed by atoms with E-state index in [4.69, 9.17) is 4.18 Å². The quantitative estimate of drug-likeness (QED) is 0.831. The van der Waals surface area contributed by atoms with Gasteiger partial charge in [0.2, 0.25) is 5.96 Å². The third-order valence-corrected chi connectivity index (χ3v) is 5.07. The molecule has 1 aliphatic heterocycles. The van der Waals surface area contributed by atoms with Crippen LogP contribution in [0.25, 0.3) is 6.08 Å². The van der Waals surface area contributed by atoms with Crippen molar-refractivity contribution in [2.75, 3.05) is 7.11 Å². The first-order chi connectivity index (χ1) is 11.7. The van der Waals surface area contributed by atoms with Gasteiger partial charge in [-0.15, -0.1) is 11.3 Å². The van der Waals surface area contributed by atoms with Crippen LogP contribution in [-0.2, 0) is 10.7 Å². The van der Waals surface area contributed by atoms with E-state index >= 15 is 0 Å². The summed E-state index contributed by atoms with van der Waals surface area (Å²) < 4.78 is 5.12. The molecule has 1 atom stereocenters. The zero-order valence-electron chi connectivity index (χ0n) is 13.7. The highest BCUT2D eigenvalue weighted by molar-refractivity contribution is 7.98. The standard InChI is InChI=1S/C17H20N4OS2/c1-12-20-15-8-3-4-9-18-17(19-11-16(15)23-12)21-13-6-5-7-14(10-13)24-22-2/h3,5,7-10,13H,4,6,11H2,1-2H3,(H,19,21)/b8-3-,18-9-. The molecule has 5 nitrogen and oxygen atoms in total. The van der Waals surface area contributed by atoms with Crippen molar-refractivity contribution in [2.45, 2.75) is 32.4 Å². The second-order valence-electron chi connectivity index (χ2n) is 5.34. The van der Waals surface area contributed by atoms with Gasteiger partial charge in [-0.25, -0.2) is 15.0 Å². The van der Waals surface area contributed by atoms with Crippen molar-refractivity contribution in [2.24, 2.45) is 9.98 Å². The zero-order chi connectivity index (χ0) is 16.8. The molecule has 0 fully saturated rings. The highest BCUT2D eigenvalue weighted by atomic mass is 32.2. The molecule has 0 aromatic carbocycles. The highest BCUT2D eigenvalue weighted by Gasteiger charge is 2.13. The molecule has 0 spiro atoms. The predicted octanol–water partition coefficient (Wildman–Crippen LogP) is 3.89. The lowest BCUT2D eigenvalue weighted by molar-refractivity contribution is 0.493. The van der Waals surface area contributed by atoms with E-state index in [1.54, 1.807) is 18.4 Å². The van der Waals surface area contributed by atoms with Crippen LogP contribution in [0.4, 0.5) is 0 Å². The Balaban J connectivity index is 1.75. The molecule has 126 valence electrons. The molecule has 0 saturated carbocycles. The predicted molar refractivity (Wildman–Crippen MR) is 103 cm³/mol. The molecule has 24 heavy (non-hydrogen) atoms. The van der Waals surface area contributed by atoms with Crippen LogP contribution in [0.3, 0.4) is 0 Å².